The molecule has 3 aromatic carbocycles. The summed E-state index contributed by atoms with van der Waals surface area (Å²) in [6, 6.07) is 22.8. The minimum absolute atomic E-state index is 0.0778. The Labute approximate surface area is 186 Å². The van der Waals surface area contributed by atoms with Gasteiger partial charge >= 0.3 is 0 Å². The highest BCUT2D eigenvalue weighted by molar-refractivity contribution is 8.00. The number of hydrogen-bond donors (Lipinski definition) is 1. The number of benzene rings is 3. The number of rotatable bonds is 6. The summed E-state index contributed by atoms with van der Waals surface area (Å²) in [6.45, 7) is 2.11. The van der Waals surface area contributed by atoms with Crippen molar-refractivity contribution in [1.29, 1.82) is 0 Å². The summed E-state index contributed by atoms with van der Waals surface area (Å²) in [5.74, 6) is 1.09. The lowest BCUT2D eigenvalue weighted by molar-refractivity contribution is -0.115. The van der Waals surface area contributed by atoms with Gasteiger partial charge in [-0.05, 0) is 66.1 Å². The number of nitrogens with zero attached hydrogens (tertiary/aromatic N) is 1. The second-order valence-corrected chi connectivity index (χ2v) is 8.32. The molecule has 31 heavy (non-hydrogen) atoms. The number of ether oxygens (including phenoxy) is 1. The van der Waals surface area contributed by atoms with Crippen LogP contribution in [0.1, 0.15) is 33.8 Å². The lowest BCUT2D eigenvalue weighted by Crippen LogP contribution is -2.27. The lowest BCUT2D eigenvalue weighted by atomic mass is 10.1. The number of carbonyl (C=O) groups is 2. The normalized spacial score (nSPS) is 15.7. The van der Waals surface area contributed by atoms with E-state index in [1.165, 1.54) is 5.56 Å². The van der Waals surface area contributed by atoms with Gasteiger partial charge in [0.1, 0.15) is 11.1 Å². The lowest BCUT2D eigenvalue weighted by Gasteiger charge is -2.25. The Morgan fingerprint density at radius 2 is 1.84 bits per heavy atom. The molecule has 1 saturated heterocycles. The van der Waals surface area contributed by atoms with Crippen LogP contribution in [0.25, 0.3) is 0 Å². The number of nitrogens with one attached hydrogen (secondary N) is 1. The molecule has 0 bridgehead atoms. The maximum absolute atomic E-state index is 12.6. The van der Waals surface area contributed by atoms with E-state index in [0.29, 0.717) is 22.8 Å². The molecule has 0 radical (unpaired) electrons. The molecule has 3 aromatic rings. The van der Waals surface area contributed by atoms with Crippen LogP contribution in [-0.4, -0.2) is 24.7 Å². The summed E-state index contributed by atoms with van der Waals surface area (Å²) in [7, 11) is 1.59. The van der Waals surface area contributed by atoms with Crippen LogP contribution in [-0.2, 0) is 11.2 Å². The molecule has 0 unspecified atom stereocenters. The van der Waals surface area contributed by atoms with Gasteiger partial charge in [-0.1, -0.05) is 31.2 Å². The standard InChI is InChI=1S/C25H24N2O3S/c1-3-17-5-4-6-21(15-17)27-23(28)16-31-25(27)19-7-11-20(12-8-19)26-24(29)18-9-13-22(30-2)14-10-18/h4-15,25H,3,16H2,1-2H3,(H,26,29)/t25-/m1/s1. The Morgan fingerprint density at radius 3 is 2.52 bits per heavy atom. The highest BCUT2D eigenvalue weighted by atomic mass is 32.2. The van der Waals surface area contributed by atoms with Crippen LogP contribution in [0.4, 0.5) is 11.4 Å². The molecule has 0 saturated carbocycles. The van der Waals surface area contributed by atoms with E-state index in [4.69, 9.17) is 4.74 Å². The summed E-state index contributed by atoms with van der Waals surface area (Å²) in [5, 5.41) is 2.84. The van der Waals surface area contributed by atoms with Crippen molar-refractivity contribution in [3.8, 4) is 5.75 Å². The van der Waals surface area contributed by atoms with Crippen LogP contribution in [0.5, 0.6) is 5.75 Å². The van der Waals surface area contributed by atoms with Gasteiger partial charge in [-0.2, -0.15) is 0 Å². The van der Waals surface area contributed by atoms with Crippen molar-refractivity contribution in [3.63, 3.8) is 0 Å². The van der Waals surface area contributed by atoms with E-state index in [1.54, 1.807) is 43.1 Å². The largest absolute Gasteiger partial charge is 0.497 e. The molecule has 1 heterocycles. The van der Waals surface area contributed by atoms with E-state index in [1.807, 2.05) is 41.3 Å². The summed E-state index contributed by atoms with van der Waals surface area (Å²) in [4.78, 5) is 27.0. The van der Waals surface area contributed by atoms with Crippen LogP contribution in [0.15, 0.2) is 72.8 Å². The minimum Gasteiger partial charge on any atom is -0.497 e. The highest BCUT2D eigenvalue weighted by Gasteiger charge is 2.34. The van der Waals surface area contributed by atoms with Gasteiger partial charge in [-0.3, -0.25) is 14.5 Å². The zero-order chi connectivity index (χ0) is 21.8. The Hall–Kier alpha value is -3.25. The Kier molecular flexibility index (Phi) is 6.28. The van der Waals surface area contributed by atoms with Crippen LogP contribution in [0.3, 0.4) is 0 Å². The number of hydrogen-bond acceptors (Lipinski definition) is 4. The fourth-order valence-corrected chi connectivity index (χ4v) is 4.73. The number of carbonyl (C=O) groups excluding carboxylic acids is 2. The molecule has 1 N–H and O–H groups in total. The molecule has 158 valence electrons. The molecular weight excluding hydrogens is 408 g/mol. The van der Waals surface area contributed by atoms with Crippen molar-refractivity contribution >= 4 is 35.0 Å². The van der Waals surface area contributed by atoms with Crippen molar-refractivity contribution in [1.82, 2.24) is 0 Å². The van der Waals surface area contributed by atoms with Crippen LogP contribution in [0, 0.1) is 0 Å². The zero-order valence-electron chi connectivity index (χ0n) is 17.5. The van der Waals surface area contributed by atoms with Crippen molar-refractivity contribution in [3.05, 3.63) is 89.5 Å². The number of thioether (sulfide) groups is 1. The topological polar surface area (TPSA) is 58.6 Å². The number of amides is 2. The average Bonchev–Trinajstić information content (AvgIpc) is 3.21. The van der Waals surface area contributed by atoms with E-state index in [-0.39, 0.29) is 17.2 Å². The van der Waals surface area contributed by atoms with E-state index >= 15 is 0 Å². The molecule has 0 aromatic heterocycles. The van der Waals surface area contributed by atoms with Gasteiger partial charge in [-0.15, -0.1) is 11.8 Å². The third-order valence-corrected chi connectivity index (χ3v) is 6.48. The first-order valence-corrected chi connectivity index (χ1v) is 11.2. The second-order valence-electron chi connectivity index (χ2n) is 7.26. The Bertz CT molecular complexity index is 1080. The maximum atomic E-state index is 12.6. The SMILES string of the molecule is CCc1cccc(N2C(=O)CS[C@@H]2c2ccc(NC(=O)c3ccc(OC)cc3)cc2)c1. The van der Waals surface area contributed by atoms with Gasteiger partial charge in [0.25, 0.3) is 5.91 Å². The summed E-state index contributed by atoms with van der Waals surface area (Å²) < 4.78 is 5.13. The van der Waals surface area contributed by atoms with Gasteiger partial charge < -0.3 is 10.1 Å². The highest BCUT2D eigenvalue weighted by Crippen LogP contribution is 2.42. The molecule has 1 atom stereocenters. The van der Waals surface area contributed by atoms with Crippen molar-refractivity contribution in [2.75, 3.05) is 23.1 Å². The first kappa shape index (κ1) is 21.0. The van der Waals surface area contributed by atoms with Gasteiger partial charge in [0.2, 0.25) is 5.91 Å². The molecule has 1 aliphatic heterocycles. The first-order chi connectivity index (χ1) is 15.1. The first-order valence-electron chi connectivity index (χ1n) is 10.2. The van der Waals surface area contributed by atoms with Gasteiger partial charge in [0.15, 0.2) is 0 Å². The number of aryl methyl sites for hydroxylation is 1. The van der Waals surface area contributed by atoms with Crippen LogP contribution >= 0.6 is 11.8 Å². The van der Waals surface area contributed by atoms with Gasteiger partial charge in [-0.25, -0.2) is 0 Å². The smallest absolute Gasteiger partial charge is 0.255 e. The quantitative estimate of drug-likeness (QED) is 0.575. The van der Waals surface area contributed by atoms with E-state index in [0.717, 1.165) is 17.7 Å². The third-order valence-electron chi connectivity index (χ3n) is 5.27. The molecule has 1 fully saturated rings. The molecule has 6 heteroatoms. The Balaban J connectivity index is 1.50. The van der Waals surface area contributed by atoms with E-state index in [9.17, 15) is 9.59 Å². The maximum Gasteiger partial charge on any atom is 0.255 e. The van der Waals surface area contributed by atoms with Gasteiger partial charge in [0.05, 0.1) is 12.9 Å². The van der Waals surface area contributed by atoms with Crippen molar-refractivity contribution < 1.29 is 14.3 Å². The Morgan fingerprint density at radius 1 is 1.10 bits per heavy atom. The summed E-state index contributed by atoms with van der Waals surface area (Å²) in [5.41, 5.74) is 4.43. The minimum atomic E-state index is -0.182. The molecule has 0 aliphatic carbocycles. The number of anilines is 2. The van der Waals surface area contributed by atoms with E-state index in [2.05, 4.69) is 24.4 Å². The van der Waals surface area contributed by atoms with Crippen LogP contribution in [0.2, 0.25) is 0 Å². The molecule has 1 aliphatic rings. The fraction of sp³-hybridized carbons (Fsp3) is 0.200. The third kappa shape index (κ3) is 4.59. The predicted molar refractivity (Wildman–Crippen MR) is 126 cm³/mol. The van der Waals surface area contributed by atoms with Crippen molar-refractivity contribution in [2.24, 2.45) is 0 Å². The molecule has 0 spiro atoms. The monoisotopic (exact) mass is 432 g/mol. The second kappa shape index (κ2) is 9.27. The molecular formula is C25H24N2O3S. The average molecular weight is 433 g/mol. The zero-order valence-corrected chi connectivity index (χ0v) is 18.3. The predicted octanol–water partition coefficient (Wildman–Crippen LogP) is 5.29. The molecule has 2 amide bonds. The van der Waals surface area contributed by atoms with Gasteiger partial charge in [0, 0.05) is 16.9 Å². The van der Waals surface area contributed by atoms with E-state index < -0.39 is 0 Å². The fourth-order valence-electron chi connectivity index (χ4n) is 3.55. The summed E-state index contributed by atoms with van der Waals surface area (Å²) in [6.07, 6.45) is 0.927. The molecule has 5 nitrogen and oxygen atoms in total. The summed E-state index contributed by atoms with van der Waals surface area (Å²) >= 11 is 1.62. The van der Waals surface area contributed by atoms with Crippen LogP contribution < -0.4 is 15.0 Å². The molecule has 4 rings (SSSR count). The van der Waals surface area contributed by atoms with Crippen molar-refractivity contribution in [2.45, 2.75) is 18.7 Å². The number of methoxy groups -OCH3 is 1.